The monoisotopic (exact) mass is 494 g/mol. The lowest BCUT2D eigenvalue weighted by molar-refractivity contribution is -0.138. The number of carbonyl (C=O) groups is 1. The van der Waals surface area contributed by atoms with Crippen molar-refractivity contribution in [2.24, 2.45) is 0 Å². The van der Waals surface area contributed by atoms with E-state index in [4.69, 9.17) is 4.42 Å². The van der Waals surface area contributed by atoms with Crippen LogP contribution in [0, 0.1) is 0 Å². The maximum Gasteiger partial charge on any atom is 0.327 e. The maximum absolute atomic E-state index is 12.3. The smallest absolute Gasteiger partial charge is 0.327 e. The highest BCUT2D eigenvalue weighted by Crippen LogP contribution is 2.35. The fourth-order valence-corrected chi connectivity index (χ4v) is 5.99. The quantitative estimate of drug-likeness (QED) is 0.185. The molecule has 1 aliphatic rings. The Labute approximate surface area is 206 Å². The van der Waals surface area contributed by atoms with Gasteiger partial charge < -0.3 is 14.5 Å². The second kappa shape index (κ2) is 10.3. The van der Waals surface area contributed by atoms with Crippen molar-refractivity contribution >= 4 is 44.8 Å². The van der Waals surface area contributed by atoms with E-state index in [9.17, 15) is 18.7 Å². The number of aryl methyl sites for hydroxylation is 3. The van der Waals surface area contributed by atoms with Crippen LogP contribution in [-0.2, 0) is 35.3 Å². The number of para-hydroxylation sites is 1. The van der Waals surface area contributed by atoms with Gasteiger partial charge in [-0.3, -0.25) is 8.86 Å². The Morgan fingerprint density at radius 3 is 2.74 bits per heavy atom. The molecular weight excluding hydrogens is 464 g/mol. The van der Waals surface area contributed by atoms with Crippen LogP contribution in [0.2, 0.25) is 0 Å². The van der Waals surface area contributed by atoms with Crippen LogP contribution in [0.4, 0.5) is 5.69 Å². The number of hydrogen-bond acceptors (Lipinski definition) is 3. The van der Waals surface area contributed by atoms with Crippen molar-refractivity contribution in [1.29, 1.82) is 0 Å². The van der Waals surface area contributed by atoms with Crippen LogP contribution in [0.1, 0.15) is 55.4 Å². The molecule has 0 amide bonds. The van der Waals surface area contributed by atoms with Gasteiger partial charge in [-0.25, -0.2) is 9.00 Å². The van der Waals surface area contributed by atoms with Gasteiger partial charge >= 0.3 is 5.97 Å². The van der Waals surface area contributed by atoms with E-state index in [1.807, 2.05) is 24.4 Å². The van der Waals surface area contributed by atoms with E-state index in [1.54, 1.807) is 12.1 Å². The van der Waals surface area contributed by atoms with Gasteiger partial charge in [0.25, 0.3) is 11.3 Å². The Hall–Kier alpha value is -3.10. The van der Waals surface area contributed by atoms with Gasteiger partial charge in [0.05, 0.1) is 5.69 Å². The van der Waals surface area contributed by atoms with Gasteiger partial charge in [-0.15, -0.1) is 0 Å². The van der Waals surface area contributed by atoms with Gasteiger partial charge in [-0.05, 0) is 62.3 Å². The van der Waals surface area contributed by atoms with Crippen LogP contribution in [0.5, 0.6) is 0 Å². The van der Waals surface area contributed by atoms with Crippen LogP contribution in [0.15, 0.2) is 53.1 Å². The van der Waals surface area contributed by atoms with Gasteiger partial charge in [0, 0.05) is 40.5 Å². The standard InChI is InChI=1S/C27H30N2O5S/c30-27(31)24(12-3-1-2-8-18-17-28-23-11-6-4-9-20(18)23)29(35(32)33)19-14-15-22-21-10-5-7-13-25(21)34-26(22)16-19/h4,6,9,11,14-17,24,28H,1-3,5,7-8,10,12-13H2,(H,30,31)(H,32,33). The topological polar surface area (TPSA) is 107 Å². The molecule has 4 aromatic rings. The molecule has 8 heteroatoms. The Balaban J connectivity index is 1.26. The molecule has 5 rings (SSSR count). The van der Waals surface area contributed by atoms with Gasteiger partial charge in [0.1, 0.15) is 17.4 Å². The number of aromatic nitrogens is 1. The SMILES string of the molecule is O=C(O)C(CCCCCc1c[nH]c2ccccc12)N(c1ccc2c3c(oc2c1)CCCC3)S(=O)O. The van der Waals surface area contributed by atoms with Crippen molar-refractivity contribution < 1.29 is 23.1 Å². The summed E-state index contributed by atoms with van der Waals surface area (Å²) >= 11 is -2.48. The summed E-state index contributed by atoms with van der Waals surface area (Å²) in [5.41, 5.74) is 4.61. The molecule has 7 nitrogen and oxygen atoms in total. The van der Waals surface area contributed by atoms with Gasteiger partial charge in [0.15, 0.2) is 0 Å². The molecule has 0 saturated heterocycles. The van der Waals surface area contributed by atoms with Crippen molar-refractivity contribution in [1.82, 2.24) is 4.98 Å². The van der Waals surface area contributed by atoms with Crippen LogP contribution in [-0.4, -0.2) is 30.9 Å². The minimum atomic E-state index is -2.48. The molecule has 2 aromatic heterocycles. The van der Waals surface area contributed by atoms with Crippen molar-refractivity contribution in [3.05, 3.63) is 65.5 Å². The number of aliphatic carboxylic acids is 1. The number of nitrogens with one attached hydrogen (secondary N) is 1. The first kappa shape index (κ1) is 23.6. The summed E-state index contributed by atoms with van der Waals surface area (Å²) in [5, 5.41) is 12.1. The number of unbranched alkanes of at least 4 members (excludes halogenated alkanes) is 2. The van der Waals surface area contributed by atoms with Crippen LogP contribution >= 0.6 is 0 Å². The first-order valence-corrected chi connectivity index (χ1v) is 13.3. The fourth-order valence-electron chi connectivity index (χ4n) is 5.28. The van der Waals surface area contributed by atoms with Crippen molar-refractivity contribution in [3.63, 3.8) is 0 Å². The van der Waals surface area contributed by atoms with Crippen molar-refractivity contribution in [3.8, 4) is 0 Å². The number of nitrogens with zero attached hydrogens (tertiary/aromatic N) is 1. The number of anilines is 1. The minimum Gasteiger partial charge on any atom is -0.480 e. The van der Waals surface area contributed by atoms with Crippen LogP contribution < -0.4 is 4.31 Å². The van der Waals surface area contributed by atoms with E-state index in [-0.39, 0.29) is 6.42 Å². The molecule has 0 bridgehead atoms. The van der Waals surface area contributed by atoms with E-state index in [0.29, 0.717) is 17.7 Å². The molecule has 0 spiro atoms. The molecular formula is C27H30N2O5S. The molecule has 2 unspecified atom stereocenters. The lowest BCUT2D eigenvalue weighted by Crippen LogP contribution is -2.42. The molecule has 0 aliphatic heterocycles. The predicted molar refractivity (Wildman–Crippen MR) is 138 cm³/mol. The second-order valence-corrected chi connectivity index (χ2v) is 10.1. The zero-order valence-electron chi connectivity index (χ0n) is 19.5. The minimum absolute atomic E-state index is 0.280. The van der Waals surface area contributed by atoms with E-state index >= 15 is 0 Å². The molecule has 184 valence electrons. The maximum atomic E-state index is 12.3. The highest BCUT2D eigenvalue weighted by molar-refractivity contribution is 7.80. The number of H-pyrrole nitrogens is 1. The zero-order chi connectivity index (χ0) is 24.4. The van der Waals surface area contributed by atoms with E-state index in [0.717, 1.165) is 65.9 Å². The second-order valence-electron chi connectivity index (χ2n) is 9.26. The zero-order valence-corrected chi connectivity index (χ0v) is 20.4. The highest BCUT2D eigenvalue weighted by atomic mass is 32.2. The molecule has 2 atom stereocenters. The molecule has 0 fully saturated rings. The average Bonchev–Trinajstić information content (AvgIpc) is 3.43. The normalized spacial score (nSPS) is 15.2. The third kappa shape index (κ3) is 4.86. The van der Waals surface area contributed by atoms with E-state index in [1.165, 1.54) is 16.5 Å². The number of rotatable bonds is 10. The molecule has 1 aliphatic carbocycles. The van der Waals surface area contributed by atoms with Gasteiger partial charge in [-0.2, -0.15) is 0 Å². The Morgan fingerprint density at radius 1 is 1.09 bits per heavy atom. The number of benzene rings is 2. The van der Waals surface area contributed by atoms with Gasteiger partial charge in [-0.1, -0.05) is 31.0 Å². The summed E-state index contributed by atoms with van der Waals surface area (Å²) < 4.78 is 29.4. The number of hydrogen-bond donors (Lipinski definition) is 3. The van der Waals surface area contributed by atoms with Crippen LogP contribution in [0.25, 0.3) is 21.9 Å². The number of furan rings is 1. The number of carboxylic acids is 1. The number of fused-ring (bicyclic) bond motifs is 4. The molecule has 2 heterocycles. The van der Waals surface area contributed by atoms with Crippen LogP contribution in [0.3, 0.4) is 0 Å². The van der Waals surface area contributed by atoms with Gasteiger partial charge in [0.2, 0.25) is 0 Å². The third-order valence-electron chi connectivity index (χ3n) is 7.03. The van der Waals surface area contributed by atoms with E-state index < -0.39 is 23.3 Å². The summed E-state index contributed by atoms with van der Waals surface area (Å²) in [4.78, 5) is 15.4. The largest absolute Gasteiger partial charge is 0.480 e. The molecule has 0 radical (unpaired) electrons. The number of carboxylic acid groups (broad SMARTS) is 1. The Kier molecular flexibility index (Phi) is 6.92. The average molecular weight is 495 g/mol. The summed E-state index contributed by atoms with van der Waals surface area (Å²) in [6, 6.07) is 12.4. The molecule has 3 N–H and O–H groups in total. The van der Waals surface area contributed by atoms with Crippen molar-refractivity contribution in [2.45, 2.75) is 63.8 Å². The molecule has 2 aromatic carbocycles. The molecule has 0 saturated carbocycles. The lowest BCUT2D eigenvalue weighted by atomic mass is 9.96. The first-order chi connectivity index (χ1) is 17.0. The van der Waals surface area contributed by atoms with Crippen molar-refractivity contribution in [2.75, 3.05) is 4.31 Å². The summed E-state index contributed by atoms with van der Waals surface area (Å²) in [7, 11) is 0. The van der Waals surface area contributed by atoms with E-state index in [2.05, 4.69) is 17.1 Å². The first-order valence-electron chi connectivity index (χ1n) is 12.2. The fraction of sp³-hybridized carbons (Fsp3) is 0.370. The Bertz CT molecular complexity index is 1370. The Morgan fingerprint density at radius 2 is 1.91 bits per heavy atom. The highest BCUT2D eigenvalue weighted by Gasteiger charge is 2.30. The summed E-state index contributed by atoms with van der Waals surface area (Å²) in [6.07, 6.45) is 9.68. The summed E-state index contributed by atoms with van der Waals surface area (Å²) in [6.45, 7) is 0. The lowest BCUT2D eigenvalue weighted by Gasteiger charge is -2.26. The number of aromatic amines is 1. The summed E-state index contributed by atoms with van der Waals surface area (Å²) in [5.74, 6) is -0.132. The predicted octanol–water partition coefficient (Wildman–Crippen LogP) is 5.99. The third-order valence-corrected chi connectivity index (χ3v) is 7.83. The molecule has 35 heavy (non-hydrogen) atoms.